The zero-order valence-electron chi connectivity index (χ0n) is 13.7. The van der Waals surface area contributed by atoms with Crippen molar-refractivity contribution < 1.29 is 29.1 Å². The molecular weight excluding hydrogens is 320 g/mol. The molecule has 0 spiro atoms. The number of carboxylic acid groups (broad SMARTS) is 1. The summed E-state index contributed by atoms with van der Waals surface area (Å²) in [5.74, 6) is -1.33. The number of hydrogen-bond donors (Lipinski definition) is 2. The van der Waals surface area contributed by atoms with E-state index in [0.717, 1.165) is 18.2 Å². The molecule has 0 saturated carbocycles. The van der Waals surface area contributed by atoms with Crippen LogP contribution in [0.25, 0.3) is 0 Å². The van der Waals surface area contributed by atoms with Crippen molar-refractivity contribution in [2.45, 2.75) is 32.8 Å². The van der Waals surface area contributed by atoms with Gasteiger partial charge in [0, 0.05) is 18.7 Å². The molecular formula is C15H20N2O7. The van der Waals surface area contributed by atoms with Crippen LogP contribution in [0.15, 0.2) is 18.2 Å². The second kappa shape index (κ2) is 8.14. The van der Waals surface area contributed by atoms with Crippen LogP contribution in [0.3, 0.4) is 0 Å². The van der Waals surface area contributed by atoms with Crippen LogP contribution in [0.4, 0.5) is 10.5 Å². The van der Waals surface area contributed by atoms with Gasteiger partial charge in [-0.3, -0.25) is 10.1 Å². The van der Waals surface area contributed by atoms with Crippen molar-refractivity contribution in [3.05, 3.63) is 33.9 Å². The van der Waals surface area contributed by atoms with Gasteiger partial charge in [-0.25, -0.2) is 9.59 Å². The lowest BCUT2D eigenvalue weighted by molar-refractivity contribution is -0.385. The minimum Gasteiger partial charge on any atom is -0.487 e. The van der Waals surface area contributed by atoms with Crippen molar-refractivity contribution in [2.75, 3.05) is 13.2 Å². The van der Waals surface area contributed by atoms with E-state index in [2.05, 4.69) is 5.32 Å². The van der Waals surface area contributed by atoms with Gasteiger partial charge in [0.1, 0.15) is 5.60 Å². The zero-order valence-corrected chi connectivity index (χ0v) is 13.7. The highest BCUT2D eigenvalue weighted by molar-refractivity contribution is 5.88. The molecule has 2 N–H and O–H groups in total. The lowest BCUT2D eigenvalue weighted by Gasteiger charge is -2.19. The van der Waals surface area contributed by atoms with Crippen LogP contribution in [0, 0.1) is 10.1 Å². The maximum absolute atomic E-state index is 11.4. The molecule has 0 atom stereocenters. The monoisotopic (exact) mass is 340 g/mol. The van der Waals surface area contributed by atoms with Crippen molar-refractivity contribution in [1.29, 1.82) is 0 Å². The Morgan fingerprint density at radius 1 is 1.33 bits per heavy atom. The highest BCUT2D eigenvalue weighted by atomic mass is 16.6. The zero-order chi connectivity index (χ0) is 18.3. The van der Waals surface area contributed by atoms with Crippen molar-refractivity contribution >= 4 is 17.7 Å². The van der Waals surface area contributed by atoms with Gasteiger partial charge in [0.25, 0.3) is 0 Å². The number of nitro groups is 1. The number of ether oxygens (including phenoxy) is 2. The van der Waals surface area contributed by atoms with E-state index in [9.17, 15) is 19.7 Å². The van der Waals surface area contributed by atoms with Crippen LogP contribution in [-0.2, 0) is 4.74 Å². The molecule has 0 aromatic heterocycles. The Morgan fingerprint density at radius 2 is 2.00 bits per heavy atom. The van der Waals surface area contributed by atoms with Crippen molar-refractivity contribution in [3.63, 3.8) is 0 Å². The van der Waals surface area contributed by atoms with Crippen LogP contribution in [0.5, 0.6) is 5.75 Å². The summed E-state index contributed by atoms with van der Waals surface area (Å²) in [6.45, 7) is 5.54. The fourth-order valence-corrected chi connectivity index (χ4v) is 1.67. The van der Waals surface area contributed by atoms with E-state index in [-0.39, 0.29) is 30.2 Å². The number of carbonyl (C=O) groups is 2. The minimum atomic E-state index is -1.21. The van der Waals surface area contributed by atoms with Crippen LogP contribution < -0.4 is 10.1 Å². The third-order valence-corrected chi connectivity index (χ3v) is 2.65. The Labute approximate surface area is 138 Å². The van der Waals surface area contributed by atoms with E-state index in [1.807, 2.05) is 0 Å². The summed E-state index contributed by atoms with van der Waals surface area (Å²) in [6.07, 6.45) is -0.199. The molecule has 1 rings (SSSR count). The Bertz CT molecular complexity index is 623. The summed E-state index contributed by atoms with van der Waals surface area (Å²) >= 11 is 0. The summed E-state index contributed by atoms with van der Waals surface area (Å²) < 4.78 is 10.3. The molecule has 0 aliphatic heterocycles. The van der Waals surface area contributed by atoms with E-state index >= 15 is 0 Å². The maximum atomic E-state index is 11.4. The Kier molecular flexibility index (Phi) is 6.51. The van der Waals surface area contributed by atoms with E-state index < -0.39 is 22.6 Å². The Morgan fingerprint density at radius 3 is 2.54 bits per heavy atom. The Hall–Kier alpha value is -2.84. The molecule has 0 unspecified atom stereocenters. The maximum Gasteiger partial charge on any atom is 0.407 e. The number of carbonyl (C=O) groups excluding carboxylic acids is 1. The summed E-state index contributed by atoms with van der Waals surface area (Å²) in [5.41, 5.74) is -1.03. The minimum absolute atomic E-state index is 0.0692. The highest BCUT2D eigenvalue weighted by Crippen LogP contribution is 2.28. The SMILES string of the molecule is CC(C)(C)OC(=O)NCCCOc1cc(C(=O)O)ccc1[N+](=O)[O-]. The average Bonchev–Trinajstić information content (AvgIpc) is 2.44. The van der Waals surface area contributed by atoms with Crippen LogP contribution in [-0.4, -0.2) is 40.8 Å². The summed E-state index contributed by atoms with van der Waals surface area (Å²) in [5, 5.41) is 22.4. The molecule has 0 bridgehead atoms. The summed E-state index contributed by atoms with van der Waals surface area (Å²) in [7, 11) is 0. The lowest BCUT2D eigenvalue weighted by Crippen LogP contribution is -2.33. The first kappa shape index (κ1) is 19.2. The van der Waals surface area contributed by atoms with Crippen LogP contribution in [0.1, 0.15) is 37.6 Å². The van der Waals surface area contributed by atoms with Gasteiger partial charge in [-0.15, -0.1) is 0 Å². The molecule has 1 aromatic carbocycles. The molecule has 132 valence electrons. The molecule has 0 heterocycles. The number of hydrogen-bond acceptors (Lipinski definition) is 6. The predicted octanol–water partition coefficient (Wildman–Crippen LogP) is 2.59. The number of nitrogens with one attached hydrogen (secondary N) is 1. The molecule has 0 aliphatic carbocycles. The fourth-order valence-electron chi connectivity index (χ4n) is 1.67. The topological polar surface area (TPSA) is 128 Å². The largest absolute Gasteiger partial charge is 0.487 e. The normalized spacial score (nSPS) is 10.8. The first-order valence-electron chi connectivity index (χ1n) is 7.21. The lowest BCUT2D eigenvalue weighted by atomic mass is 10.2. The van der Waals surface area contributed by atoms with Crippen LogP contribution in [0.2, 0.25) is 0 Å². The second-order valence-electron chi connectivity index (χ2n) is 5.88. The first-order valence-corrected chi connectivity index (χ1v) is 7.21. The number of nitrogens with zero attached hydrogens (tertiary/aromatic N) is 1. The number of rotatable bonds is 7. The number of carboxylic acids is 1. The molecule has 9 nitrogen and oxygen atoms in total. The highest BCUT2D eigenvalue weighted by Gasteiger charge is 2.18. The van der Waals surface area contributed by atoms with Crippen molar-refractivity contribution in [2.24, 2.45) is 0 Å². The van der Waals surface area contributed by atoms with Crippen molar-refractivity contribution in [1.82, 2.24) is 5.32 Å². The molecule has 24 heavy (non-hydrogen) atoms. The van der Waals surface area contributed by atoms with Gasteiger partial charge < -0.3 is 19.9 Å². The number of nitro benzene ring substituents is 1. The molecule has 0 fully saturated rings. The van der Waals surface area contributed by atoms with Crippen LogP contribution >= 0.6 is 0 Å². The number of benzene rings is 1. The molecule has 1 aromatic rings. The van der Waals surface area contributed by atoms with Gasteiger partial charge in [0.15, 0.2) is 5.75 Å². The summed E-state index contributed by atoms with van der Waals surface area (Å²) in [6, 6.07) is 3.32. The average molecular weight is 340 g/mol. The molecule has 0 aliphatic rings. The van der Waals surface area contributed by atoms with Gasteiger partial charge in [0.2, 0.25) is 0 Å². The van der Waals surface area contributed by atoms with E-state index in [4.69, 9.17) is 14.6 Å². The van der Waals surface area contributed by atoms with E-state index in [1.54, 1.807) is 20.8 Å². The smallest absolute Gasteiger partial charge is 0.407 e. The third-order valence-electron chi connectivity index (χ3n) is 2.65. The quantitative estimate of drug-likeness (QED) is 0.443. The standard InChI is InChI=1S/C15H20N2O7/c1-15(2,3)24-14(20)16-7-4-8-23-12-9-10(13(18)19)5-6-11(12)17(21)22/h5-6,9H,4,7-8H2,1-3H3,(H,16,20)(H,18,19). The molecule has 0 radical (unpaired) electrons. The molecule has 0 saturated heterocycles. The summed E-state index contributed by atoms with van der Waals surface area (Å²) in [4.78, 5) is 32.6. The van der Waals surface area contributed by atoms with Crippen molar-refractivity contribution in [3.8, 4) is 5.75 Å². The predicted molar refractivity (Wildman–Crippen MR) is 84.4 cm³/mol. The van der Waals surface area contributed by atoms with Gasteiger partial charge in [-0.05, 0) is 33.3 Å². The molecule has 9 heteroatoms. The molecule has 1 amide bonds. The Balaban J connectivity index is 2.52. The van der Waals surface area contributed by atoms with Gasteiger partial charge in [-0.2, -0.15) is 0 Å². The number of amides is 1. The van der Waals surface area contributed by atoms with Gasteiger partial charge in [0.05, 0.1) is 17.1 Å². The number of aromatic carboxylic acids is 1. The number of alkyl carbamates (subject to hydrolysis) is 1. The van der Waals surface area contributed by atoms with Gasteiger partial charge in [-0.1, -0.05) is 0 Å². The first-order chi connectivity index (χ1) is 11.1. The van der Waals surface area contributed by atoms with E-state index in [1.165, 1.54) is 0 Å². The van der Waals surface area contributed by atoms with E-state index in [0.29, 0.717) is 6.42 Å². The third kappa shape index (κ3) is 6.51. The fraction of sp³-hybridized carbons (Fsp3) is 0.467. The second-order valence-corrected chi connectivity index (χ2v) is 5.88. The van der Waals surface area contributed by atoms with Gasteiger partial charge >= 0.3 is 17.7 Å².